The number of nitrogens with zero attached hydrogens (tertiary/aromatic N) is 4. The molecule has 0 bridgehead atoms. The second-order valence-corrected chi connectivity index (χ2v) is 5.33. The van der Waals surface area contributed by atoms with Gasteiger partial charge in [0.05, 0.1) is 13.1 Å². The van der Waals surface area contributed by atoms with Crippen LogP contribution >= 0.6 is 0 Å². The second-order valence-electron chi connectivity index (χ2n) is 5.33. The van der Waals surface area contributed by atoms with Crippen LogP contribution in [0, 0.1) is 20.8 Å². The van der Waals surface area contributed by atoms with Crippen LogP contribution in [0.3, 0.4) is 0 Å². The van der Waals surface area contributed by atoms with E-state index in [0.29, 0.717) is 0 Å². The summed E-state index contributed by atoms with van der Waals surface area (Å²) in [7, 11) is 0. The molecule has 0 unspecified atom stereocenters. The third kappa shape index (κ3) is 1.71. The first-order chi connectivity index (χ1) is 9.56. The highest BCUT2D eigenvalue weighted by atomic mass is 15.2. The summed E-state index contributed by atoms with van der Waals surface area (Å²) in [6.07, 6.45) is 0. The van der Waals surface area contributed by atoms with Gasteiger partial charge in [0.1, 0.15) is 5.52 Å². The van der Waals surface area contributed by atoms with Crippen molar-refractivity contribution < 1.29 is 4.57 Å². The van der Waals surface area contributed by atoms with Crippen LogP contribution in [0.5, 0.6) is 0 Å². The molecule has 4 heteroatoms. The Labute approximate surface area is 119 Å². The molecule has 3 aromatic rings. The summed E-state index contributed by atoms with van der Waals surface area (Å²) >= 11 is 0. The Kier molecular flexibility index (Phi) is 2.96. The van der Waals surface area contributed by atoms with E-state index in [0.717, 1.165) is 35.4 Å². The van der Waals surface area contributed by atoms with E-state index < -0.39 is 0 Å². The molecule has 0 spiro atoms. The second kappa shape index (κ2) is 4.54. The van der Waals surface area contributed by atoms with Crippen molar-refractivity contribution in [3.05, 3.63) is 29.1 Å². The summed E-state index contributed by atoms with van der Waals surface area (Å²) in [6, 6.07) is 4.27. The van der Waals surface area contributed by atoms with Gasteiger partial charge in [0, 0.05) is 6.92 Å². The Hall–Kier alpha value is -1.97. The van der Waals surface area contributed by atoms with Crippen LogP contribution in [-0.2, 0) is 13.1 Å². The van der Waals surface area contributed by atoms with Gasteiger partial charge in [0.25, 0.3) is 5.65 Å². The van der Waals surface area contributed by atoms with E-state index in [1.165, 1.54) is 17.0 Å². The van der Waals surface area contributed by atoms with E-state index in [-0.39, 0.29) is 0 Å². The molecule has 0 saturated heterocycles. The maximum Gasteiger partial charge on any atom is 0.322 e. The van der Waals surface area contributed by atoms with Crippen LogP contribution < -0.4 is 4.57 Å². The zero-order chi connectivity index (χ0) is 14.4. The zero-order valence-electron chi connectivity index (χ0n) is 12.9. The van der Waals surface area contributed by atoms with E-state index in [2.05, 4.69) is 55.9 Å². The minimum Gasteiger partial charge on any atom is -0.242 e. The van der Waals surface area contributed by atoms with Crippen molar-refractivity contribution in [3.8, 4) is 0 Å². The maximum absolute atomic E-state index is 4.86. The lowest BCUT2D eigenvalue weighted by Gasteiger charge is -2.00. The molecule has 4 nitrogen and oxygen atoms in total. The lowest BCUT2D eigenvalue weighted by molar-refractivity contribution is -0.676. The third-order valence-electron chi connectivity index (χ3n) is 4.17. The third-order valence-corrected chi connectivity index (χ3v) is 4.17. The number of rotatable bonds is 2. The molecule has 0 aliphatic heterocycles. The van der Waals surface area contributed by atoms with Crippen molar-refractivity contribution in [1.82, 2.24) is 14.5 Å². The minimum atomic E-state index is 0.917. The van der Waals surface area contributed by atoms with Crippen LogP contribution in [0.25, 0.3) is 22.3 Å². The standard InChI is InChI=1S/C16H21N4/c1-6-19-12(5)20(7-2)16-15(19)17-13-8-10(3)11(4)9-14(13)18-16/h8-9H,6-7H2,1-5H3/q+1. The first kappa shape index (κ1) is 13.0. The number of benzene rings is 1. The summed E-state index contributed by atoms with van der Waals surface area (Å²) in [5.41, 5.74) is 6.47. The molecular formula is C16H21N4+. The first-order valence-electron chi connectivity index (χ1n) is 7.24. The van der Waals surface area contributed by atoms with Gasteiger partial charge in [-0.2, -0.15) is 0 Å². The monoisotopic (exact) mass is 269 g/mol. The normalized spacial score (nSPS) is 11.7. The highest BCUT2D eigenvalue weighted by Crippen LogP contribution is 2.19. The first-order valence-corrected chi connectivity index (χ1v) is 7.24. The van der Waals surface area contributed by atoms with Crippen LogP contribution in [0.15, 0.2) is 12.1 Å². The molecule has 0 radical (unpaired) electrons. The summed E-state index contributed by atoms with van der Waals surface area (Å²) in [5, 5.41) is 0. The van der Waals surface area contributed by atoms with Crippen LogP contribution in [0.4, 0.5) is 0 Å². The molecule has 0 atom stereocenters. The number of hydrogen-bond donors (Lipinski definition) is 0. The molecule has 0 aliphatic rings. The average molecular weight is 269 g/mol. The van der Waals surface area contributed by atoms with E-state index >= 15 is 0 Å². The number of aromatic nitrogens is 4. The van der Waals surface area contributed by atoms with Crippen LogP contribution in [0.2, 0.25) is 0 Å². The number of fused-ring (bicyclic) bond motifs is 2. The highest BCUT2D eigenvalue weighted by Gasteiger charge is 2.22. The quantitative estimate of drug-likeness (QED) is 0.670. The molecule has 3 rings (SSSR count). The van der Waals surface area contributed by atoms with Gasteiger partial charge in [-0.25, -0.2) is 14.1 Å². The summed E-state index contributed by atoms with van der Waals surface area (Å²) < 4.78 is 4.47. The predicted octanol–water partition coefficient (Wildman–Crippen LogP) is 2.84. The van der Waals surface area contributed by atoms with Gasteiger partial charge in [0.15, 0.2) is 5.52 Å². The Balaban J connectivity index is 2.47. The molecule has 0 saturated carbocycles. The fourth-order valence-electron chi connectivity index (χ4n) is 2.86. The fourth-order valence-corrected chi connectivity index (χ4v) is 2.86. The largest absolute Gasteiger partial charge is 0.322 e. The lowest BCUT2D eigenvalue weighted by Crippen LogP contribution is -2.35. The van der Waals surface area contributed by atoms with Gasteiger partial charge < -0.3 is 0 Å². The Morgan fingerprint density at radius 1 is 1.00 bits per heavy atom. The van der Waals surface area contributed by atoms with Gasteiger partial charge in [0.2, 0.25) is 5.82 Å². The van der Waals surface area contributed by atoms with Gasteiger partial charge in [-0.1, -0.05) is 4.98 Å². The Morgan fingerprint density at radius 3 is 2.15 bits per heavy atom. The van der Waals surface area contributed by atoms with E-state index in [4.69, 9.17) is 9.97 Å². The van der Waals surface area contributed by atoms with E-state index in [9.17, 15) is 0 Å². The van der Waals surface area contributed by atoms with Crippen molar-refractivity contribution in [2.75, 3.05) is 0 Å². The highest BCUT2D eigenvalue weighted by molar-refractivity contribution is 5.83. The van der Waals surface area contributed by atoms with Crippen molar-refractivity contribution in [1.29, 1.82) is 0 Å². The number of aryl methyl sites for hydroxylation is 4. The molecular weight excluding hydrogens is 248 g/mol. The van der Waals surface area contributed by atoms with Crippen LogP contribution in [-0.4, -0.2) is 14.5 Å². The summed E-state index contributed by atoms with van der Waals surface area (Å²) in [6.45, 7) is 12.5. The molecule has 20 heavy (non-hydrogen) atoms. The molecule has 1 aromatic carbocycles. The van der Waals surface area contributed by atoms with Gasteiger partial charge in [-0.15, -0.1) is 0 Å². The van der Waals surface area contributed by atoms with Gasteiger partial charge >= 0.3 is 5.65 Å². The average Bonchev–Trinajstić information content (AvgIpc) is 2.68. The van der Waals surface area contributed by atoms with Crippen molar-refractivity contribution in [3.63, 3.8) is 0 Å². The van der Waals surface area contributed by atoms with Gasteiger partial charge in [-0.3, -0.25) is 0 Å². The Bertz CT molecular complexity index is 748. The van der Waals surface area contributed by atoms with E-state index in [1.807, 2.05) is 0 Å². The molecule has 0 amide bonds. The van der Waals surface area contributed by atoms with Crippen molar-refractivity contribution in [2.24, 2.45) is 0 Å². The van der Waals surface area contributed by atoms with Gasteiger partial charge in [-0.05, 0) is 51.0 Å². The van der Waals surface area contributed by atoms with Crippen molar-refractivity contribution in [2.45, 2.75) is 47.7 Å². The van der Waals surface area contributed by atoms with Crippen LogP contribution in [0.1, 0.15) is 30.8 Å². The van der Waals surface area contributed by atoms with E-state index in [1.54, 1.807) is 0 Å². The fraction of sp³-hybridized carbons (Fsp3) is 0.438. The molecule has 2 heterocycles. The topological polar surface area (TPSA) is 34.6 Å². The maximum atomic E-state index is 4.86. The molecule has 2 aromatic heterocycles. The number of imidazole rings is 1. The minimum absolute atomic E-state index is 0.917. The summed E-state index contributed by atoms with van der Waals surface area (Å²) in [5.74, 6) is 1.22. The molecule has 0 fully saturated rings. The molecule has 104 valence electrons. The Morgan fingerprint density at radius 2 is 1.60 bits per heavy atom. The lowest BCUT2D eigenvalue weighted by atomic mass is 10.1. The smallest absolute Gasteiger partial charge is 0.242 e. The predicted molar refractivity (Wildman–Crippen MR) is 80.8 cm³/mol. The SMILES string of the molecule is CCn1c(C)[n+](CC)c2nc3cc(C)c(C)cc3nc21. The molecule has 0 aliphatic carbocycles. The van der Waals surface area contributed by atoms with Crippen molar-refractivity contribution >= 4 is 22.3 Å². The number of hydrogen-bond acceptors (Lipinski definition) is 2. The zero-order valence-corrected chi connectivity index (χ0v) is 12.9. The molecule has 0 N–H and O–H groups in total. The summed E-state index contributed by atoms with van der Waals surface area (Å²) in [4.78, 5) is 9.72.